The molecular weight excluding hydrogens is 480 g/mol. The van der Waals surface area contributed by atoms with Gasteiger partial charge in [-0.15, -0.1) is 0 Å². The topological polar surface area (TPSA) is 103 Å². The number of aromatic amines is 1. The maximum atomic E-state index is 13.9. The summed E-state index contributed by atoms with van der Waals surface area (Å²) in [6.07, 6.45) is 2.05. The zero-order chi connectivity index (χ0) is 25.4. The number of pyridine rings is 1. The minimum atomic E-state index is -3.76. The molecule has 1 amide bonds. The zero-order valence-electron chi connectivity index (χ0n) is 20.5. The van der Waals surface area contributed by atoms with Gasteiger partial charge in [-0.3, -0.25) is 9.59 Å². The second-order valence-corrected chi connectivity index (χ2v) is 11.2. The third-order valence-electron chi connectivity index (χ3n) is 6.98. The lowest BCUT2D eigenvalue weighted by atomic mass is 10.1. The summed E-state index contributed by atoms with van der Waals surface area (Å²) in [5.74, 6) is -0.294. The molecule has 2 aromatic carbocycles. The highest BCUT2D eigenvalue weighted by atomic mass is 32.2. The quantitative estimate of drug-likeness (QED) is 0.566. The fraction of sp³-hybridized carbons (Fsp3) is 0.385. The second kappa shape index (κ2) is 9.68. The van der Waals surface area contributed by atoms with Crippen LogP contribution >= 0.6 is 0 Å². The van der Waals surface area contributed by atoms with E-state index in [1.165, 1.54) is 21.3 Å². The molecular formula is C26H30N4O5S. The van der Waals surface area contributed by atoms with Crippen molar-refractivity contribution in [2.75, 3.05) is 56.2 Å². The molecule has 0 bridgehead atoms. The van der Waals surface area contributed by atoms with Crippen molar-refractivity contribution in [3.8, 4) is 0 Å². The van der Waals surface area contributed by atoms with Gasteiger partial charge in [0.2, 0.25) is 15.6 Å². The number of hydrogen-bond acceptors (Lipinski definition) is 6. The summed E-state index contributed by atoms with van der Waals surface area (Å²) in [7, 11) is -2.07. The van der Waals surface area contributed by atoms with Crippen LogP contribution < -0.4 is 15.4 Å². The lowest BCUT2D eigenvalue weighted by molar-refractivity contribution is 0.0730. The van der Waals surface area contributed by atoms with Crippen LogP contribution in [-0.2, 0) is 14.8 Å². The van der Waals surface area contributed by atoms with Gasteiger partial charge >= 0.3 is 0 Å². The number of morpholine rings is 1. The first-order valence-corrected chi connectivity index (χ1v) is 13.6. The number of ether oxygens (including phenoxy) is 1. The van der Waals surface area contributed by atoms with Crippen molar-refractivity contribution < 1.29 is 17.9 Å². The van der Waals surface area contributed by atoms with E-state index in [-0.39, 0.29) is 29.5 Å². The number of nitrogens with one attached hydrogen (secondary N) is 1. The molecule has 2 aliphatic heterocycles. The van der Waals surface area contributed by atoms with Gasteiger partial charge in [0.1, 0.15) is 0 Å². The van der Waals surface area contributed by atoms with Gasteiger partial charge in [-0.1, -0.05) is 0 Å². The van der Waals surface area contributed by atoms with Crippen molar-refractivity contribution in [2.45, 2.75) is 24.7 Å². The molecule has 1 aromatic heterocycles. The number of anilines is 2. The molecule has 2 aliphatic rings. The summed E-state index contributed by atoms with van der Waals surface area (Å²) in [5, 5.41) is 0.843. The average molecular weight is 511 g/mol. The van der Waals surface area contributed by atoms with Gasteiger partial charge in [0, 0.05) is 61.6 Å². The van der Waals surface area contributed by atoms with Gasteiger partial charge in [0.25, 0.3) is 5.91 Å². The lowest BCUT2D eigenvalue weighted by Crippen LogP contribution is -2.40. The molecule has 3 aromatic rings. The number of benzene rings is 2. The molecule has 0 spiro atoms. The molecule has 1 N–H and O–H groups in total. The Balaban J connectivity index is 1.55. The van der Waals surface area contributed by atoms with E-state index in [0.717, 1.165) is 42.6 Å². The van der Waals surface area contributed by atoms with E-state index in [0.29, 0.717) is 30.0 Å². The summed E-state index contributed by atoms with van der Waals surface area (Å²) in [6.45, 7) is 4.78. The predicted octanol–water partition coefficient (Wildman–Crippen LogP) is 2.73. The van der Waals surface area contributed by atoms with Crippen molar-refractivity contribution >= 4 is 38.2 Å². The second-order valence-electron chi connectivity index (χ2n) is 9.30. The largest absolute Gasteiger partial charge is 0.379 e. The summed E-state index contributed by atoms with van der Waals surface area (Å²) in [4.78, 5) is 32.3. The lowest BCUT2D eigenvalue weighted by Gasteiger charge is -2.28. The van der Waals surface area contributed by atoms with Crippen molar-refractivity contribution in [2.24, 2.45) is 0 Å². The van der Waals surface area contributed by atoms with E-state index in [1.54, 1.807) is 31.3 Å². The normalized spacial score (nSPS) is 17.0. The standard InChI is InChI=1S/C26H30N4O5S/c1-18-15-25(31)27-23-7-5-19(16-21(18)23)28(2)26(32)22-17-20(6-8-24(22)29-9-3-4-10-29)36(33,34)30-11-13-35-14-12-30/h5-8,15-17H,3-4,9-14H2,1-2H3,(H,27,31). The number of sulfonamides is 1. The highest BCUT2D eigenvalue weighted by Crippen LogP contribution is 2.31. The molecule has 2 fully saturated rings. The number of H-pyrrole nitrogens is 1. The number of aromatic nitrogens is 1. The molecule has 0 saturated carbocycles. The molecule has 0 unspecified atom stereocenters. The van der Waals surface area contributed by atoms with Gasteiger partial charge in [0.05, 0.1) is 23.7 Å². The van der Waals surface area contributed by atoms with Gasteiger partial charge in [-0.2, -0.15) is 4.31 Å². The van der Waals surface area contributed by atoms with Crippen LogP contribution in [0, 0.1) is 6.92 Å². The van der Waals surface area contributed by atoms with Crippen molar-refractivity contribution in [1.82, 2.24) is 9.29 Å². The third kappa shape index (κ3) is 4.52. The number of nitrogens with zero attached hydrogens (tertiary/aromatic N) is 3. The third-order valence-corrected chi connectivity index (χ3v) is 8.87. The molecule has 2 saturated heterocycles. The Morgan fingerprint density at radius 2 is 1.72 bits per heavy atom. The Labute approximate surface area is 210 Å². The first-order chi connectivity index (χ1) is 17.3. The van der Waals surface area contributed by atoms with Crippen LogP contribution in [-0.4, -0.2) is 70.1 Å². The first kappa shape index (κ1) is 24.5. The summed E-state index contributed by atoms with van der Waals surface area (Å²) < 4.78 is 33.4. The van der Waals surface area contributed by atoms with Crippen LogP contribution in [0.1, 0.15) is 28.8 Å². The maximum absolute atomic E-state index is 13.9. The Hall–Kier alpha value is -3.21. The molecule has 9 nitrogen and oxygen atoms in total. The fourth-order valence-electron chi connectivity index (χ4n) is 4.93. The number of amides is 1. The number of hydrogen-bond donors (Lipinski definition) is 1. The van der Waals surface area contributed by atoms with Crippen LogP contribution in [0.2, 0.25) is 0 Å². The van der Waals surface area contributed by atoms with E-state index in [4.69, 9.17) is 4.74 Å². The van der Waals surface area contributed by atoms with Crippen molar-refractivity contribution in [1.29, 1.82) is 0 Å². The number of carbonyl (C=O) groups excluding carboxylic acids is 1. The Morgan fingerprint density at radius 1 is 1.00 bits per heavy atom. The van der Waals surface area contributed by atoms with Gasteiger partial charge in [-0.25, -0.2) is 8.42 Å². The number of aryl methyl sites for hydroxylation is 1. The van der Waals surface area contributed by atoms with Crippen LogP contribution in [0.3, 0.4) is 0 Å². The van der Waals surface area contributed by atoms with Gasteiger partial charge < -0.3 is 19.5 Å². The molecule has 5 rings (SSSR count). The highest BCUT2D eigenvalue weighted by Gasteiger charge is 2.30. The van der Waals surface area contributed by atoms with E-state index >= 15 is 0 Å². The minimum absolute atomic E-state index is 0.107. The van der Waals surface area contributed by atoms with Crippen LogP contribution in [0.5, 0.6) is 0 Å². The molecule has 3 heterocycles. The monoisotopic (exact) mass is 510 g/mol. The van der Waals surface area contributed by atoms with Crippen LogP contribution in [0.25, 0.3) is 10.9 Å². The average Bonchev–Trinajstić information content (AvgIpc) is 3.43. The van der Waals surface area contributed by atoms with Gasteiger partial charge in [-0.05, 0) is 61.7 Å². The number of fused-ring (bicyclic) bond motifs is 1. The van der Waals surface area contributed by atoms with E-state index < -0.39 is 10.0 Å². The number of carbonyl (C=O) groups is 1. The molecule has 0 atom stereocenters. The Bertz CT molecular complexity index is 1470. The smallest absolute Gasteiger partial charge is 0.260 e. The summed E-state index contributed by atoms with van der Waals surface area (Å²) >= 11 is 0. The SMILES string of the molecule is Cc1cc(=O)[nH]c2ccc(N(C)C(=O)c3cc(S(=O)(=O)N4CCOCC4)ccc3N3CCCC3)cc12. The molecule has 0 aliphatic carbocycles. The maximum Gasteiger partial charge on any atom is 0.260 e. The van der Waals surface area contributed by atoms with Crippen LogP contribution in [0.15, 0.2) is 52.2 Å². The first-order valence-electron chi connectivity index (χ1n) is 12.1. The van der Waals surface area contributed by atoms with E-state index in [1.807, 2.05) is 13.0 Å². The van der Waals surface area contributed by atoms with Crippen molar-refractivity contribution in [3.63, 3.8) is 0 Å². The Kier molecular flexibility index (Phi) is 6.59. The predicted molar refractivity (Wildman–Crippen MR) is 140 cm³/mol. The fourth-order valence-corrected chi connectivity index (χ4v) is 6.37. The van der Waals surface area contributed by atoms with Gasteiger partial charge in [0.15, 0.2) is 0 Å². The molecule has 190 valence electrons. The van der Waals surface area contributed by atoms with E-state index in [2.05, 4.69) is 9.88 Å². The van der Waals surface area contributed by atoms with E-state index in [9.17, 15) is 18.0 Å². The van der Waals surface area contributed by atoms with Crippen molar-refractivity contribution in [3.05, 3.63) is 63.9 Å². The zero-order valence-corrected chi connectivity index (χ0v) is 21.3. The van der Waals surface area contributed by atoms with Crippen LogP contribution in [0.4, 0.5) is 11.4 Å². The molecule has 10 heteroatoms. The molecule has 36 heavy (non-hydrogen) atoms. The minimum Gasteiger partial charge on any atom is -0.379 e. The molecule has 0 radical (unpaired) electrons. The number of rotatable bonds is 5. The summed E-state index contributed by atoms with van der Waals surface area (Å²) in [6, 6.07) is 11.8. The Morgan fingerprint density at radius 3 is 2.44 bits per heavy atom. The highest BCUT2D eigenvalue weighted by molar-refractivity contribution is 7.89. The summed E-state index contributed by atoms with van der Waals surface area (Å²) in [5.41, 5.74) is 3.08.